The lowest BCUT2D eigenvalue weighted by Crippen LogP contribution is -2.10. The minimum atomic E-state index is 0.767. The van der Waals surface area contributed by atoms with E-state index < -0.39 is 0 Å². The van der Waals surface area contributed by atoms with Crippen molar-refractivity contribution in [2.45, 2.75) is 44.9 Å². The summed E-state index contributed by atoms with van der Waals surface area (Å²) < 4.78 is 0. The molecule has 1 aliphatic rings. The van der Waals surface area contributed by atoms with Crippen molar-refractivity contribution in [2.24, 2.45) is 5.73 Å². The van der Waals surface area contributed by atoms with Gasteiger partial charge in [0.1, 0.15) is 12.1 Å². The number of hydrogen-bond acceptors (Lipinski definition) is 4. The highest BCUT2D eigenvalue weighted by atomic mass is 15.0. The Bertz CT molecular complexity index is 351. The second-order valence-corrected chi connectivity index (χ2v) is 4.63. The summed E-state index contributed by atoms with van der Waals surface area (Å²) >= 11 is 0. The van der Waals surface area contributed by atoms with Gasteiger partial charge in [-0.05, 0) is 45.1 Å². The van der Waals surface area contributed by atoms with Crippen LogP contribution < -0.4 is 11.1 Å². The third kappa shape index (κ3) is 3.40. The third-order valence-electron chi connectivity index (χ3n) is 3.30. The van der Waals surface area contributed by atoms with Gasteiger partial charge in [0.2, 0.25) is 0 Å². The van der Waals surface area contributed by atoms with Crippen molar-refractivity contribution in [1.29, 1.82) is 0 Å². The van der Waals surface area contributed by atoms with Gasteiger partial charge in [-0.1, -0.05) is 6.42 Å². The molecule has 4 nitrogen and oxygen atoms in total. The zero-order valence-electron chi connectivity index (χ0n) is 10.4. The lowest BCUT2D eigenvalue weighted by atomic mass is 10.1. The second-order valence-electron chi connectivity index (χ2n) is 4.63. The molecule has 1 aliphatic carbocycles. The van der Waals surface area contributed by atoms with Crippen molar-refractivity contribution < 1.29 is 0 Å². The Morgan fingerprint density at radius 2 is 2.00 bits per heavy atom. The highest BCUT2D eigenvalue weighted by Crippen LogP contribution is 2.23. The molecule has 0 bridgehead atoms. The summed E-state index contributed by atoms with van der Waals surface area (Å²) in [6.07, 6.45) is 9.92. The molecule has 0 saturated heterocycles. The van der Waals surface area contributed by atoms with Gasteiger partial charge >= 0.3 is 0 Å². The molecule has 4 heteroatoms. The molecule has 1 aromatic heterocycles. The molecule has 0 atom stereocenters. The van der Waals surface area contributed by atoms with E-state index in [1.54, 1.807) is 6.33 Å². The van der Waals surface area contributed by atoms with E-state index in [4.69, 9.17) is 5.73 Å². The van der Waals surface area contributed by atoms with E-state index in [2.05, 4.69) is 15.3 Å². The van der Waals surface area contributed by atoms with Gasteiger partial charge in [-0.15, -0.1) is 0 Å². The summed E-state index contributed by atoms with van der Waals surface area (Å²) in [5, 5.41) is 3.43. The van der Waals surface area contributed by atoms with E-state index in [0.717, 1.165) is 44.6 Å². The number of aryl methyl sites for hydroxylation is 1. The van der Waals surface area contributed by atoms with Crippen LogP contribution >= 0.6 is 0 Å². The summed E-state index contributed by atoms with van der Waals surface area (Å²) in [4.78, 5) is 8.79. The van der Waals surface area contributed by atoms with Crippen LogP contribution in [0.4, 0.5) is 5.82 Å². The second kappa shape index (κ2) is 6.55. The molecule has 0 spiro atoms. The van der Waals surface area contributed by atoms with Crippen molar-refractivity contribution in [3.8, 4) is 0 Å². The smallest absolute Gasteiger partial charge is 0.132 e. The minimum absolute atomic E-state index is 0.767. The maximum absolute atomic E-state index is 5.49. The highest BCUT2D eigenvalue weighted by molar-refractivity contribution is 5.46. The van der Waals surface area contributed by atoms with Crippen LogP contribution in [0.3, 0.4) is 0 Å². The molecule has 0 aliphatic heterocycles. The van der Waals surface area contributed by atoms with Gasteiger partial charge in [0.15, 0.2) is 0 Å². The summed E-state index contributed by atoms with van der Waals surface area (Å²) in [6.45, 7) is 1.73. The maximum atomic E-state index is 5.49. The number of nitrogens with zero attached hydrogens (tertiary/aromatic N) is 2. The number of hydrogen-bond donors (Lipinski definition) is 2. The predicted molar refractivity (Wildman–Crippen MR) is 70.1 cm³/mol. The largest absolute Gasteiger partial charge is 0.370 e. The topological polar surface area (TPSA) is 63.8 Å². The van der Waals surface area contributed by atoms with E-state index in [9.17, 15) is 0 Å². The molecule has 17 heavy (non-hydrogen) atoms. The van der Waals surface area contributed by atoms with Gasteiger partial charge in [-0.25, -0.2) is 9.97 Å². The van der Waals surface area contributed by atoms with E-state index in [-0.39, 0.29) is 0 Å². The fourth-order valence-electron chi connectivity index (χ4n) is 2.33. The van der Waals surface area contributed by atoms with Crippen LogP contribution in [0.1, 0.15) is 43.4 Å². The first-order valence-corrected chi connectivity index (χ1v) is 6.68. The van der Waals surface area contributed by atoms with Gasteiger partial charge in [0, 0.05) is 17.8 Å². The fraction of sp³-hybridized carbons (Fsp3) is 0.692. The fourth-order valence-corrected chi connectivity index (χ4v) is 2.33. The Kier molecular flexibility index (Phi) is 4.74. The Balaban J connectivity index is 2.01. The summed E-state index contributed by atoms with van der Waals surface area (Å²) in [6, 6.07) is 0. The van der Waals surface area contributed by atoms with Crippen molar-refractivity contribution in [3.05, 3.63) is 17.6 Å². The zero-order chi connectivity index (χ0) is 11.9. The van der Waals surface area contributed by atoms with Crippen LogP contribution in [-0.2, 0) is 12.8 Å². The average molecular weight is 234 g/mol. The highest BCUT2D eigenvalue weighted by Gasteiger charge is 2.13. The molecule has 94 valence electrons. The zero-order valence-corrected chi connectivity index (χ0v) is 10.4. The van der Waals surface area contributed by atoms with E-state index >= 15 is 0 Å². The van der Waals surface area contributed by atoms with Crippen molar-refractivity contribution in [3.63, 3.8) is 0 Å². The Morgan fingerprint density at radius 3 is 2.88 bits per heavy atom. The number of unbranched alkanes of at least 4 members (excludes halogenated alkanes) is 1. The van der Waals surface area contributed by atoms with Crippen molar-refractivity contribution >= 4 is 5.82 Å². The van der Waals surface area contributed by atoms with Gasteiger partial charge in [-0.3, -0.25) is 0 Å². The van der Waals surface area contributed by atoms with Gasteiger partial charge in [0.05, 0.1) is 0 Å². The van der Waals surface area contributed by atoms with Gasteiger partial charge in [0.25, 0.3) is 0 Å². The molecule has 1 heterocycles. The lowest BCUT2D eigenvalue weighted by Gasteiger charge is -2.12. The first-order valence-electron chi connectivity index (χ1n) is 6.68. The molecule has 0 fully saturated rings. The Hall–Kier alpha value is -1.16. The summed E-state index contributed by atoms with van der Waals surface area (Å²) in [5.74, 6) is 1.05. The van der Waals surface area contributed by atoms with E-state index in [1.807, 2.05) is 0 Å². The Morgan fingerprint density at radius 1 is 1.12 bits per heavy atom. The number of anilines is 1. The van der Waals surface area contributed by atoms with E-state index in [1.165, 1.54) is 30.5 Å². The van der Waals surface area contributed by atoms with Crippen LogP contribution in [0.5, 0.6) is 0 Å². The normalized spacial score (nSPS) is 15.1. The van der Waals surface area contributed by atoms with Gasteiger partial charge < -0.3 is 11.1 Å². The average Bonchev–Trinajstić information content (AvgIpc) is 2.60. The SMILES string of the molecule is NCCCCNc1ncnc2c1CCCCC2. The van der Waals surface area contributed by atoms with Crippen molar-refractivity contribution in [2.75, 3.05) is 18.4 Å². The monoisotopic (exact) mass is 234 g/mol. The number of fused-ring (bicyclic) bond motifs is 1. The van der Waals surface area contributed by atoms with Crippen LogP contribution in [0.15, 0.2) is 6.33 Å². The summed E-state index contributed by atoms with van der Waals surface area (Å²) in [5.41, 5.74) is 8.08. The standard InChI is InChI=1S/C13H22N4/c14-8-4-5-9-15-13-11-6-2-1-3-7-12(11)16-10-17-13/h10H,1-9,14H2,(H,15,16,17). The van der Waals surface area contributed by atoms with Crippen LogP contribution in [0.2, 0.25) is 0 Å². The third-order valence-corrected chi connectivity index (χ3v) is 3.30. The number of aromatic nitrogens is 2. The van der Waals surface area contributed by atoms with Crippen LogP contribution in [0.25, 0.3) is 0 Å². The molecular weight excluding hydrogens is 212 g/mol. The molecule has 0 aromatic carbocycles. The van der Waals surface area contributed by atoms with E-state index in [0.29, 0.717) is 0 Å². The molecular formula is C13H22N4. The first kappa shape index (κ1) is 12.3. The van der Waals surface area contributed by atoms with Gasteiger partial charge in [-0.2, -0.15) is 0 Å². The predicted octanol–water partition coefficient (Wildman–Crippen LogP) is 1.90. The maximum Gasteiger partial charge on any atom is 0.132 e. The molecule has 1 aromatic rings. The van der Waals surface area contributed by atoms with Crippen molar-refractivity contribution in [1.82, 2.24) is 9.97 Å². The molecule has 3 N–H and O–H groups in total. The number of nitrogens with one attached hydrogen (secondary N) is 1. The minimum Gasteiger partial charge on any atom is -0.370 e. The number of rotatable bonds is 5. The summed E-state index contributed by atoms with van der Waals surface area (Å²) in [7, 11) is 0. The molecule has 0 amide bonds. The van der Waals surface area contributed by atoms with Crippen LogP contribution in [-0.4, -0.2) is 23.1 Å². The number of nitrogens with two attached hydrogens (primary N) is 1. The first-order chi connectivity index (χ1) is 8.42. The molecule has 0 saturated carbocycles. The molecule has 0 radical (unpaired) electrons. The van der Waals surface area contributed by atoms with Crippen LogP contribution in [0, 0.1) is 0 Å². The molecule has 0 unspecified atom stereocenters. The molecule has 2 rings (SSSR count). The Labute approximate surface area is 103 Å². The lowest BCUT2D eigenvalue weighted by molar-refractivity contribution is 0.708. The quantitative estimate of drug-likeness (QED) is 0.603.